The summed E-state index contributed by atoms with van der Waals surface area (Å²) in [5.41, 5.74) is 7.69. The summed E-state index contributed by atoms with van der Waals surface area (Å²) < 4.78 is 12.3. The van der Waals surface area contributed by atoms with Gasteiger partial charge in [-0.3, -0.25) is 15.2 Å². The number of hydrogen-bond donors (Lipinski definition) is 2. The summed E-state index contributed by atoms with van der Waals surface area (Å²) in [4.78, 5) is 20.5. The van der Waals surface area contributed by atoms with Gasteiger partial charge in [0.1, 0.15) is 0 Å². The number of benzene rings is 4. The van der Waals surface area contributed by atoms with Crippen LogP contribution in [0.4, 0.5) is 0 Å². The number of ether oxygens (including phenoxy) is 2. The highest BCUT2D eigenvalue weighted by Crippen LogP contribution is 2.50. The summed E-state index contributed by atoms with van der Waals surface area (Å²) in [6.07, 6.45) is 5.90. The van der Waals surface area contributed by atoms with Crippen molar-refractivity contribution in [2.24, 2.45) is 5.41 Å². The first-order valence-corrected chi connectivity index (χ1v) is 16.9. The lowest BCUT2D eigenvalue weighted by Crippen LogP contribution is -2.47. The van der Waals surface area contributed by atoms with Crippen molar-refractivity contribution < 1.29 is 29.5 Å². The number of nitrogens with zero attached hydrogens (tertiary/aromatic N) is 2. The predicted molar refractivity (Wildman–Crippen MR) is 184 cm³/mol. The molecule has 1 aliphatic carbocycles. The fourth-order valence-electron chi connectivity index (χ4n) is 6.96. The van der Waals surface area contributed by atoms with Crippen molar-refractivity contribution in [1.29, 1.82) is 0 Å². The molecular weight excluding hydrogens is 604 g/mol. The normalized spacial score (nSPS) is 18.6. The van der Waals surface area contributed by atoms with Crippen LogP contribution in [0.15, 0.2) is 103 Å². The minimum Gasteiger partial charge on any atom is -0.385 e. The first-order valence-electron chi connectivity index (χ1n) is 16.9. The van der Waals surface area contributed by atoms with Gasteiger partial charge in [0.15, 0.2) is 0 Å². The molecule has 0 spiro atoms. The average molecular weight is 651 g/mol. The van der Waals surface area contributed by atoms with Gasteiger partial charge in [-0.25, -0.2) is 4.84 Å². The van der Waals surface area contributed by atoms with Crippen molar-refractivity contribution in [1.82, 2.24) is 10.3 Å². The van der Waals surface area contributed by atoms with E-state index in [0.29, 0.717) is 30.8 Å². The Labute approximate surface area is 283 Å². The number of rotatable bonds is 15. The van der Waals surface area contributed by atoms with Crippen molar-refractivity contribution in [3.8, 4) is 11.1 Å². The summed E-state index contributed by atoms with van der Waals surface area (Å²) in [7, 11) is 1.75. The molecule has 4 aromatic carbocycles. The maximum atomic E-state index is 13.8. The lowest BCUT2D eigenvalue weighted by atomic mass is 9.85. The summed E-state index contributed by atoms with van der Waals surface area (Å²) >= 11 is 0. The van der Waals surface area contributed by atoms with Crippen molar-refractivity contribution in [2.75, 3.05) is 33.4 Å². The largest absolute Gasteiger partial charge is 0.385 e. The van der Waals surface area contributed by atoms with Gasteiger partial charge in [0.05, 0.1) is 24.7 Å². The first kappa shape index (κ1) is 34.0. The molecule has 0 radical (unpaired) electrons. The Kier molecular flexibility index (Phi) is 11.3. The van der Waals surface area contributed by atoms with Crippen LogP contribution in [-0.4, -0.2) is 66.1 Å². The molecule has 1 unspecified atom stereocenters. The van der Waals surface area contributed by atoms with Crippen LogP contribution in [0, 0.1) is 5.41 Å². The van der Waals surface area contributed by atoms with Gasteiger partial charge in [-0.15, -0.1) is 0 Å². The minimum absolute atomic E-state index is 0.0714. The molecule has 1 aliphatic heterocycles. The Morgan fingerprint density at radius 3 is 2.42 bits per heavy atom. The van der Waals surface area contributed by atoms with Crippen molar-refractivity contribution >= 4 is 5.91 Å². The Morgan fingerprint density at radius 1 is 0.896 bits per heavy atom. The highest BCUT2D eigenvalue weighted by Gasteiger charge is 2.45. The van der Waals surface area contributed by atoms with Crippen LogP contribution in [0.3, 0.4) is 0 Å². The van der Waals surface area contributed by atoms with E-state index in [9.17, 15) is 4.79 Å². The molecule has 1 saturated carbocycles. The molecule has 1 heterocycles. The van der Waals surface area contributed by atoms with Gasteiger partial charge in [0.25, 0.3) is 5.91 Å². The zero-order valence-corrected chi connectivity index (χ0v) is 27.7. The Balaban J connectivity index is 1.21. The number of likely N-dealkylation sites (tertiary alicyclic amines) is 1. The topological polar surface area (TPSA) is 91.7 Å². The molecule has 2 atom stereocenters. The van der Waals surface area contributed by atoms with E-state index in [-0.39, 0.29) is 35.3 Å². The zero-order chi connectivity index (χ0) is 33.3. The van der Waals surface area contributed by atoms with Gasteiger partial charge in [0.2, 0.25) is 0 Å². The Hall–Kier alpha value is -3.89. The number of piperidine rings is 1. The van der Waals surface area contributed by atoms with E-state index in [1.54, 1.807) is 31.4 Å². The highest BCUT2D eigenvalue weighted by molar-refractivity contribution is 5.94. The van der Waals surface area contributed by atoms with Crippen LogP contribution in [-0.2, 0) is 33.8 Å². The minimum atomic E-state index is -0.319. The van der Waals surface area contributed by atoms with Crippen LogP contribution < -0.4 is 0 Å². The van der Waals surface area contributed by atoms with Crippen LogP contribution in [0.5, 0.6) is 0 Å². The van der Waals surface area contributed by atoms with E-state index in [1.165, 1.54) is 27.8 Å². The second-order valence-electron chi connectivity index (χ2n) is 13.3. The summed E-state index contributed by atoms with van der Waals surface area (Å²) in [6, 6.07) is 35.0. The van der Waals surface area contributed by atoms with Crippen molar-refractivity contribution in [3.63, 3.8) is 0 Å². The van der Waals surface area contributed by atoms with E-state index >= 15 is 0 Å². The van der Waals surface area contributed by atoms with Crippen LogP contribution >= 0.6 is 0 Å². The van der Waals surface area contributed by atoms with Gasteiger partial charge in [0, 0.05) is 38.3 Å². The van der Waals surface area contributed by atoms with E-state index in [0.717, 1.165) is 45.1 Å². The molecule has 2 aliphatic rings. The number of amides is 1. The third kappa shape index (κ3) is 8.76. The van der Waals surface area contributed by atoms with Crippen LogP contribution in [0.25, 0.3) is 11.1 Å². The molecule has 48 heavy (non-hydrogen) atoms. The molecule has 8 nitrogen and oxygen atoms in total. The molecule has 2 fully saturated rings. The fourth-order valence-corrected chi connectivity index (χ4v) is 6.96. The number of carbonyl (C=O) groups excluding carboxylic acids is 1. The van der Waals surface area contributed by atoms with E-state index in [4.69, 9.17) is 24.7 Å². The maximum absolute atomic E-state index is 13.8. The predicted octanol–water partition coefficient (Wildman–Crippen LogP) is 7.48. The van der Waals surface area contributed by atoms with E-state index in [2.05, 4.69) is 72.8 Å². The molecule has 2 N–H and O–H groups in total. The Bertz CT molecular complexity index is 1640. The lowest BCUT2D eigenvalue weighted by molar-refractivity contribution is -0.497. The molecule has 4 aromatic rings. The Morgan fingerprint density at radius 2 is 1.65 bits per heavy atom. The fraction of sp³-hybridized carbons (Fsp3) is 0.375. The molecule has 6 rings (SSSR count). The molecule has 8 heteroatoms. The summed E-state index contributed by atoms with van der Waals surface area (Å²) in [6.45, 7) is 2.45. The molecule has 0 aromatic heterocycles. The molecule has 1 saturated heterocycles. The number of aryl methyl sites for hydroxylation is 1. The quantitative estimate of drug-likeness (QED) is 0.102. The SMILES string of the molecule is COCCCc1ccccc1CC1(COC2CN(C(=O)c3cccc(CON(O)O)c3)CC[C@@H]2c2cccc(-c3ccccc3)c2)CC1. The third-order valence-corrected chi connectivity index (χ3v) is 9.83. The smallest absolute Gasteiger partial charge is 0.253 e. The van der Waals surface area contributed by atoms with Gasteiger partial charge in [-0.05, 0) is 89.5 Å². The third-order valence-electron chi connectivity index (χ3n) is 9.83. The highest BCUT2D eigenvalue weighted by atomic mass is 17.1. The van der Waals surface area contributed by atoms with Gasteiger partial charge in [-0.1, -0.05) is 91.0 Å². The van der Waals surface area contributed by atoms with Gasteiger partial charge >= 0.3 is 0 Å². The lowest BCUT2D eigenvalue weighted by Gasteiger charge is -2.39. The molecule has 0 bridgehead atoms. The zero-order valence-electron chi connectivity index (χ0n) is 27.7. The van der Waals surface area contributed by atoms with Gasteiger partial charge < -0.3 is 14.4 Å². The first-order chi connectivity index (χ1) is 23.4. The van der Waals surface area contributed by atoms with Crippen LogP contribution in [0.1, 0.15) is 64.2 Å². The average Bonchev–Trinajstić information content (AvgIpc) is 3.90. The second-order valence-corrected chi connectivity index (χ2v) is 13.3. The van der Waals surface area contributed by atoms with Gasteiger partial charge in [-0.2, -0.15) is 0 Å². The molecule has 1 amide bonds. The van der Waals surface area contributed by atoms with E-state index in [1.807, 2.05) is 11.0 Å². The van der Waals surface area contributed by atoms with Crippen LogP contribution in [0.2, 0.25) is 0 Å². The number of carbonyl (C=O) groups is 1. The standard InChI is InChI=1S/C40H46N2O6/c1-46-23-9-18-32-13-5-6-14-36(32)26-40(20-21-40)29-47-38-27-41(39(43)35-17-7-10-30(24-35)28-48-42(44)45)22-19-37(38)34-16-8-15-33(25-34)31-11-3-2-4-12-31/h2-8,10-17,24-25,37-38,44-45H,9,18-23,26-29H2,1H3/t37-,38?/m1/s1. The number of methoxy groups -OCH3 is 1. The molecular formula is C40H46N2O6. The van der Waals surface area contributed by atoms with E-state index < -0.39 is 0 Å². The molecule has 252 valence electrons. The monoisotopic (exact) mass is 650 g/mol. The van der Waals surface area contributed by atoms with Crippen molar-refractivity contribution in [3.05, 3.63) is 131 Å². The van der Waals surface area contributed by atoms with Crippen molar-refractivity contribution in [2.45, 2.75) is 57.2 Å². The summed E-state index contributed by atoms with van der Waals surface area (Å²) in [5.74, 6) is 0.0765. The maximum Gasteiger partial charge on any atom is 0.253 e. The second kappa shape index (κ2) is 16.0. The summed E-state index contributed by atoms with van der Waals surface area (Å²) in [5, 5.41) is 17.6. The number of hydrogen-bond acceptors (Lipinski definition) is 7.